The molecule has 3 heteroatoms. The van der Waals surface area contributed by atoms with Gasteiger partial charge in [0, 0.05) is 12.3 Å². The van der Waals surface area contributed by atoms with Gasteiger partial charge in [0.25, 0.3) is 0 Å². The summed E-state index contributed by atoms with van der Waals surface area (Å²) in [6, 6.07) is -0.142. The Hall–Kier alpha value is -0.600. The summed E-state index contributed by atoms with van der Waals surface area (Å²) in [6.45, 7) is 1.94. The summed E-state index contributed by atoms with van der Waals surface area (Å²) in [4.78, 5) is 10.8. The van der Waals surface area contributed by atoms with Gasteiger partial charge in [0.2, 0.25) is 5.91 Å². The number of carbonyl (C=O) groups is 1. The van der Waals surface area contributed by atoms with Crippen LogP contribution in [-0.4, -0.2) is 18.1 Å². The molecule has 0 aromatic carbocycles. The van der Waals surface area contributed by atoms with E-state index in [4.69, 9.17) is 0 Å². The number of hydrogen-bond donors (Lipinski definition) is 1. The smallest absolute Gasteiger partial charge is 0.220 e. The van der Waals surface area contributed by atoms with Gasteiger partial charge in [-0.15, -0.1) is 0 Å². The molecular formula is C7H10FNO. The molecular weight excluding hydrogens is 133 g/mol. The Kier molecular flexibility index (Phi) is 1.05. The van der Waals surface area contributed by atoms with Crippen LogP contribution < -0.4 is 5.32 Å². The van der Waals surface area contributed by atoms with Crippen LogP contribution in [0.2, 0.25) is 0 Å². The number of carbonyl (C=O) groups excluding carboxylic acids is 1. The Labute approximate surface area is 58.8 Å². The summed E-state index contributed by atoms with van der Waals surface area (Å²) in [5, 5.41) is 2.62. The summed E-state index contributed by atoms with van der Waals surface area (Å²) in [5.74, 6) is 0.375. The van der Waals surface area contributed by atoms with Crippen LogP contribution in [0.4, 0.5) is 4.39 Å². The fourth-order valence-corrected chi connectivity index (χ4v) is 1.81. The third kappa shape index (κ3) is 0.662. The zero-order chi connectivity index (χ0) is 7.30. The average molecular weight is 143 g/mol. The van der Waals surface area contributed by atoms with Crippen molar-refractivity contribution in [3.05, 3.63) is 0 Å². The first-order valence-electron chi connectivity index (χ1n) is 3.63. The van der Waals surface area contributed by atoms with Crippen molar-refractivity contribution in [1.82, 2.24) is 5.32 Å². The predicted molar refractivity (Wildman–Crippen MR) is 34.1 cm³/mol. The molecule has 1 heterocycles. The van der Waals surface area contributed by atoms with Crippen molar-refractivity contribution < 1.29 is 9.18 Å². The van der Waals surface area contributed by atoms with Gasteiger partial charge in [0.1, 0.15) is 6.17 Å². The van der Waals surface area contributed by atoms with Crippen LogP contribution in [0, 0.1) is 11.8 Å². The lowest BCUT2D eigenvalue weighted by atomic mass is 9.99. The molecule has 0 bridgehead atoms. The van der Waals surface area contributed by atoms with Crippen LogP contribution in [0.3, 0.4) is 0 Å². The number of amides is 1. The molecule has 1 amide bonds. The molecule has 0 aromatic rings. The number of rotatable bonds is 0. The first-order valence-corrected chi connectivity index (χ1v) is 3.63. The molecule has 1 aliphatic carbocycles. The number of fused-ring (bicyclic) bond motifs is 1. The van der Waals surface area contributed by atoms with E-state index in [-0.39, 0.29) is 23.8 Å². The van der Waals surface area contributed by atoms with Gasteiger partial charge in [-0.1, -0.05) is 6.92 Å². The van der Waals surface area contributed by atoms with Gasteiger partial charge < -0.3 is 5.32 Å². The van der Waals surface area contributed by atoms with Gasteiger partial charge in [0.15, 0.2) is 0 Å². The van der Waals surface area contributed by atoms with E-state index in [1.807, 2.05) is 6.92 Å². The largest absolute Gasteiger partial charge is 0.350 e. The molecule has 10 heavy (non-hydrogen) atoms. The molecule has 0 unspecified atom stereocenters. The minimum Gasteiger partial charge on any atom is -0.350 e. The molecule has 1 saturated heterocycles. The number of hydrogen-bond acceptors (Lipinski definition) is 1. The molecule has 1 aliphatic heterocycles. The van der Waals surface area contributed by atoms with Gasteiger partial charge in [-0.25, -0.2) is 4.39 Å². The summed E-state index contributed by atoms with van der Waals surface area (Å²) in [5.41, 5.74) is 0. The van der Waals surface area contributed by atoms with Gasteiger partial charge in [-0.05, 0) is 5.92 Å². The summed E-state index contributed by atoms with van der Waals surface area (Å²) >= 11 is 0. The van der Waals surface area contributed by atoms with E-state index >= 15 is 0 Å². The molecule has 0 aromatic heterocycles. The lowest BCUT2D eigenvalue weighted by Crippen LogP contribution is -2.34. The van der Waals surface area contributed by atoms with E-state index in [0.29, 0.717) is 6.42 Å². The van der Waals surface area contributed by atoms with Crippen LogP contribution in [0.1, 0.15) is 13.3 Å². The quantitative estimate of drug-likeness (QED) is 0.525. The fraction of sp³-hybridized carbons (Fsp3) is 0.857. The Morgan fingerprint density at radius 3 is 3.00 bits per heavy atom. The van der Waals surface area contributed by atoms with Gasteiger partial charge >= 0.3 is 0 Å². The highest BCUT2D eigenvalue weighted by Crippen LogP contribution is 2.44. The Morgan fingerprint density at radius 2 is 2.40 bits per heavy atom. The number of halogens is 1. The maximum absolute atomic E-state index is 12.7. The molecule has 2 aliphatic rings. The van der Waals surface area contributed by atoms with Gasteiger partial charge in [-0.2, -0.15) is 0 Å². The second-order valence-corrected chi connectivity index (χ2v) is 3.30. The predicted octanol–water partition coefficient (Wildman–Crippen LogP) is 0.479. The van der Waals surface area contributed by atoms with Crippen LogP contribution in [0.25, 0.3) is 0 Å². The average Bonchev–Trinajstić information content (AvgIpc) is 2.42. The van der Waals surface area contributed by atoms with E-state index < -0.39 is 6.17 Å². The lowest BCUT2D eigenvalue weighted by Gasteiger charge is -2.15. The molecule has 56 valence electrons. The van der Waals surface area contributed by atoms with Crippen molar-refractivity contribution in [3.8, 4) is 0 Å². The van der Waals surface area contributed by atoms with Crippen LogP contribution >= 0.6 is 0 Å². The van der Waals surface area contributed by atoms with E-state index in [1.54, 1.807) is 0 Å². The van der Waals surface area contributed by atoms with Gasteiger partial charge in [0.05, 0.1) is 6.04 Å². The minimum atomic E-state index is -0.763. The Balaban J connectivity index is 2.09. The summed E-state index contributed by atoms with van der Waals surface area (Å²) in [6.07, 6.45) is -0.261. The first-order chi connectivity index (χ1) is 4.70. The molecule has 0 radical (unpaired) electrons. The van der Waals surface area contributed by atoms with Crippen LogP contribution in [-0.2, 0) is 4.79 Å². The fourth-order valence-electron chi connectivity index (χ4n) is 1.81. The maximum atomic E-state index is 12.7. The van der Waals surface area contributed by atoms with Crippen molar-refractivity contribution in [1.29, 1.82) is 0 Å². The molecule has 2 rings (SSSR count). The van der Waals surface area contributed by atoms with E-state index in [9.17, 15) is 9.18 Å². The van der Waals surface area contributed by atoms with Crippen molar-refractivity contribution in [3.63, 3.8) is 0 Å². The Morgan fingerprint density at radius 1 is 1.70 bits per heavy atom. The zero-order valence-corrected chi connectivity index (χ0v) is 5.80. The normalized spacial score (nSPS) is 51.6. The minimum absolute atomic E-state index is 0.00824. The van der Waals surface area contributed by atoms with Crippen molar-refractivity contribution in [2.75, 3.05) is 0 Å². The second kappa shape index (κ2) is 1.71. The molecule has 2 fully saturated rings. The molecule has 4 atom stereocenters. The zero-order valence-electron chi connectivity index (χ0n) is 5.80. The summed E-state index contributed by atoms with van der Waals surface area (Å²) < 4.78 is 12.7. The van der Waals surface area contributed by atoms with Gasteiger partial charge in [-0.3, -0.25) is 4.79 Å². The van der Waals surface area contributed by atoms with Crippen LogP contribution in [0.5, 0.6) is 0 Å². The van der Waals surface area contributed by atoms with E-state index in [0.717, 1.165) is 0 Å². The standard InChI is InChI=1S/C7H10FNO/c1-3-2-4(10)9-7-5(3)6(7)8/h3,5-7H,2H2,1H3,(H,9,10)/t3-,5+,6+,7+/m1/s1. The summed E-state index contributed by atoms with van der Waals surface area (Å²) in [7, 11) is 0. The maximum Gasteiger partial charge on any atom is 0.220 e. The van der Waals surface area contributed by atoms with E-state index in [1.165, 1.54) is 0 Å². The molecule has 1 N–H and O–H groups in total. The van der Waals surface area contributed by atoms with Crippen molar-refractivity contribution >= 4 is 5.91 Å². The third-order valence-corrected chi connectivity index (χ3v) is 2.48. The highest BCUT2D eigenvalue weighted by Gasteiger charge is 2.57. The topological polar surface area (TPSA) is 29.1 Å². The molecule has 1 saturated carbocycles. The van der Waals surface area contributed by atoms with Crippen molar-refractivity contribution in [2.45, 2.75) is 25.6 Å². The molecule has 0 spiro atoms. The third-order valence-electron chi connectivity index (χ3n) is 2.48. The monoisotopic (exact) mass is 143 g/mol. The number of alkyl halides is 1. The SMILES string of the molecule is C[C@@H]1CC(=O)N[C@@H]2[C@@H](F)[C@@H]21. The number of nitrogens with one attached hydrogen (secondary N) is 1. The number of piperidine rings is 1. The lowest BCUT2D eigenvalue weighted by molar-refractivity contribution is -0.123. The first kappa shape index (κ1) is 6.13. The van der Waals surface area contributed by atoms with Crippen molar-refractivity contribution in [2.24, 2.45) is 11.8 Å². The van der Waals surface area contributed by atoms with Crippen LogP contribution in [0.15, 0.2) is 0 Å². The highest BCUT2D eigenvalue weighted by atomic mass is 19.1. The van der Waals surface area contributed by atoms with E-state index in [2.05, 4.69) is 5.32 Å². The molecule has 2 nitrogen and oxygen atoms in total. The highest BCUT2D eigenvalue weighted by molar-refractivity contribution is 5.78. The Bertz CT molecular complexity index is 172. The second-order valence-electron chi connectivity index (χ2n) is 3.30.